The maximum absolute atomic E-state index is 11.9. The van der Waals surface area contributed by atoms with Crippen molar-refractivity contribution >= 4 is 39.3 Å². The van der Waals surface area contributed by atoms with Crippen LogP contribution in [-0.4, -0.2) is 24.4 Å². The molecule has 1 rings (SSSR count). The molecule has 0 heterocycles. The van der Waals surface area contributed by atoms with Crippen molar-refractivity contribution < 1.29 is 9.59 Å². The number of rotatable bonds is 5. The lowest BCUT2D eigenvalue weighted by atomic mass is 10.2. The number of benzene rings is 1. The summed E-state index contributed by atoms with van der Waals surface area (Å²) in [5, 5.41) is 6.00. The third kappa shape index (κ3) is 5.61. The van der Waals surface area contributed by atoms with Crippen molar-refractivity contribution in [3.8, 4) is 0 Å². The van der Waals surface area contributed by atoms with Crippen LogP contribution in [0.4, 0.5) is 0 Å². The van der Waals surface area contributed by atoms with Gasteiger partial charge in [0.1, 0.15) is 0 Å². The molecule has 0 aliphatic heterocycles. The van der Waals surface area contributed by atoms with Crippen LogP contribution in [0, 0.1) is 0 Å². The van der Waals surface area contributed by atoms with Gasteiger partial charge in [-0.25, -0.2) is 0 Å². The van der Waals surface area contributed by atoms with Gasteiger partial charge in [0.15, 0.2) is 0 Å². The highest BCUT2D eigenvalue weighted by Gasteiger charge is 2.10. The number of carbonyl (C=O) groups excluding carboxylic acids is 2. The minimum Gasteiger partial charge on any atom is -0.354 e. The molecule has 19 heavy (non-hydrogen) atoms. The van der Waals surface area contributed by atoms with Crippen molar-refractivity contribution in [3.05, 3.63) is 33.3 Å². The molecule has 0 saturated heterocycles. The molecule has 0 fully saturated rings. The summed E-state index contributed by atoms with van der Waals surface area (Å²) in [4.78, 5) is 23.3. The molecule has 104 valence electrons. The van der Waals surface area contributed by atoms with Gasteiger partial charge in [-0.05, 0) is 48.0 Å². The Balaban J connectivity index is 2.45. The third-order valence-corrected chi connectivity index (χ3v) is 3.15. The molecule has 0 unspecified atom stereocenters. The van der Waals surface area contributed by atoms with E-state index in [4.69, 9.17) is 11.6 Å². The Bertz CT molecular complexity index is 478. The maximum atomic E-state index is 11.9. The average molecular weight is 348 g/mol. The van der Waals surface area contributed by atoms with Gasteiger partial charge in [0.25, 0.3) is 5.91 Å². The van der Waals surface area contributed by atoms with Crippen molar-refractivity contribution in [2.24, 2.45) is 0 Å². The first-order chi connectivity index (χ1) is 8.90. The minimum atomic E-state index is -0.235. The Morgan fingerprint density at radius 1 is 1.37 bits per heavy atom. The van der Waals surface area contributed by atoms with E-state index in [0.717, 1.165) is 0 Å². The highest BCUT2D eigenvalue weighted by Crippen LogP contribution is 2.21. The number of carbonyl (C=O) groups is 2. The lowest BCUT2D eigenvalue weighted by Gasteiger charge is -2.09. The number of hydrogen-bond acceptors (Lipinski definition) is 2. The highest BCUT2D eigenvalue weighted by molar-refractivity contribution is 9.10. The molecular weight excluding hydrogens is 332 g/mol. The van der Waals surface area contributed by atoms with E-state index >= 15 is 0 Å². The first-order valence-electron chi connectivity index (χ1n) is 5.92. The molecule has 0 aliphatic rings. The van der Waals surface area contributed by atoms with Gasteiger partial charge >= 0.3 is 0 Å². The summed E-state index contributed by atoms with van der Waals surface area (Å²) in [5.41, 5.74) is 0.494. The molecular formula is C13H16BrClN2O2. The molecule has 0 radical (unpaired) electrons. The Kier molecular flexibility index (Phi) is 6.31. The summed E-state index contributed by atoms with van der Waals surface area (Å²) in [6.07, 6.45) is 0.259. The second kappa shape index (κ2) is 7.50. The Morgan fingerprint density at radius 2 is 2.05 bits per heavy atom. The summed E-state index contributed by atoms with van der Waals surface area (Å²) < 4.78 is 0.629. The van der Waals surface area contributed by atoms with E-state index in [1.807, 2.05) is 13.8 Å². The summed E-state index contributed by atoms with van der Waals surface area (Å²) in [6.45, 7) is 4.08. The van der Waals surface area contributed by atoms with Crippen LogP contribution in [-0.2, 0) is 4.79 Å². The fraction of sp³-hybridized carbons (Fsp3) is 0.385. The summed E-state index contributed by atoms with van der Waals surface area (Å²) in [6, 6.07) is 5.04. The second-order valence-corrected chi connectivity index (χ2v) is 5.64. The second-order valence-electron chi connectivity index (χ2n) is 4.35. The van der Waals surface area contributed by atoms with E-state index in [-0.39, 0.29) is 24.3 Å². The maximum Gasteiger partial charge on any atom is 0.252 e. The molecule has 2 N–H and O–H groups in total. The Labute approximate surface area is 126 Å². The van der Waals surface area contributed by atoms with Crippen LogP contribution in [0.25, 0.3) is 0 Å². The van der Waals surface area contributed by atoms with Gasteiger partial charge in [-0.1, -0.05) is 11.6 Å². The molecule has 0 aromatic heterocycles. The number of hydrogen-bond donors (Lipinski definition) is 2. The zero-order valence-electron chi connectivity index (χ0n) is 10.8. The van der Waals surface area contributed by atoms with Crippen LogP contribution in [0.3, 0.4) is 0 Å². The molecule has 2 amide bonds. The fourth-order valence-corrected chi connectivity index (χ4v) is 2.32. The van der Waals surface area contributed by atoms with Crippen molar-refractivity contribution in [1.82, 2.24) is 10.6 Å². The van der Waals surface area contributed by atoms with Crippen molar-refractivity contribution in [2.45, 2.75) is 26.3 Å². The molecule has 1 aromatic rings. The van der Waals surface area contributed by atoms with Crippen molar-refractivity contribution in [3.63, 3.8) is 0 Å². The van der Waals surface area contributed by atoms with E-state index in [0.29, 0.717) is 21.6 Å². The first-order valence-corrected chi connectivity index (χ1v) is 7.10. The van der Waals surface area contributed by atoms with Crippen LogP contribution >= 0.6 is 27.5 Å². The zero-order chi connectivity index (χ0) is 14.4. The smallest absolute Gasteiger partial charge is 0.252 e. The van der Waals surface area contributed by atoms with E-state index in [9.17, 15) is 9.59 Å². The van der Waals surface area contributed by atoms with E-state index in [1.165, 1.54) is 0 Å². The largest absolute Gasteiger partial charge is 0.354 e. The number of amides is 2. The standard InChI is InChI=1S/C13H16BrClN2O2/c1-8(2)17-12(18)5-6-16-13(19)10-4-3-9(15)7-11(10)14/h3-4,7-8H,5-6H2,1-2H3,(H,16,19)(H,17,18). The highest BCUT2D eigenvalue weighted by atomic mass is 79.9. The zero-order valence-corrected chi connectivity index (χ0v) is 13.1. The first kappa shape index (κ1) is 16.0. The molecule has 0 atom stereocenters. The normalized spacial score (nSPS) is 10.4. The van der Waals surface area contributed by atoms with Crippen LogP contribution in [0.15, 0.2) is 22.7 Å². The van der Waals surface area contributed by atoms with Gasteiger partial charge < -0.3 is 10.6 Å². The van der Waals surface area contributed by atoms with Crippen LogP contribution < -0.4 is 10.6 Å². The predicted molar refractivity (Wildman–Crippen MR) is 79.4 cm³/mol. The molecule has 0 aliphatic carbocycles. The quantitative estimate of drug-likeness (QED) is 0.860. The van der Waals surface area contributed by atoms with Crippen molar-refractivity contribution in [2.75, 3.05) is 6.54 Å². The van der Waals surface area contributed by atoms with Gasteiger partial charge in [0, 0.05) is 28.5 Å². The molecule has 0 saturated carbocycles. The number of nitrogens with one attached hydrogen (secondary N) is 2. The van der Waals surface area contributed by atoms with Crippen molar-refractivity contribution in [1.29, 1.82) is 0 Å². The Morgan fingerprint density at radius 3 is 2.63 bits per heavy atom. The summed E-state index contributed by atoms with van der Waals surface area (Å²) in [7, 11) is 0. The van der Waals surface area contributed by atoms with E-state index in [1.54, 1.807) is 18.2 Å². The van der Waals surface area contributed by atoms with E-state index in [2.05, 4.69) is 26.6 Å². The van der Waals surface area contributed by atoms with E-state index < -0.39 is 0 Å². The van der Waals surface area contributed by atoms with Crippen LogP contribution in [0.2, 0.25) is 5.02 Å². The molecule has 6 heteroatoms. The monoisotopic (exact) mass is 346 g/mol. The Hall–Kier alpha value is -1.07. The minimum absolute atomic E-state index is 0.0783. The SMILES string of the molecule is CC(C)NC(=O)CCNC(=O)c1ccc(Cl)cc1Br. The third-order valence-electron chi connectivity index (χ3n) is 2.26. The average Bonchev–Trinajstić information content (AvgIpc) is 2.27. The molecule has 0 bridgehead atoms. The lowest BCUT2D eigenvalue weighted by Crippen LogP contribution is -2.34. The molecule has 1 aromatic carbocycles. The fourth-order valence-electron chi connectivity index (χ4n) is 1.45. The van der Waals surface area contributed by atoms with Crippen LogP contribution in [0.5, 0.6) is 0 Å². The number of halogens is 2. The van der Waals surface area contributed by atoms with Gasteiger partial charge in [-0.15, -0.1) is 0 Å². The lowest BCUT2D eigenvalue weighted by molar-refractivity contribution is -0.121. The molecule has 4 nitrogen and oxygen atoms in total. The van der Waals surface area contributed by atoms with Gasteiger partial charge in [-0.2, -0.15) is 0 Å². The summed E-state index contributed by atoms with van der Waals surface area (Å²) in [5.74, 6) is -0.314. The van der Waals surface area contributed by atoms with Gasteiger partial charge in [0.05, 0.1) is 5.56 Å². The predicted octanol–water partition coefficient (Wildman–Crippen LogP) is 2.75. The summed E-state index contributed by atoms with van der Waals surface area (Å²) >= 11 is 9.08. The topological polar surface area (TPSA) is 58.2 Å². The van der Waals surface area contributed by atoms with Gasteiger partial charge in [0.2, 0.25) is 5.91 Å². The molecule has 0 spiro atoms. The van der Waals surface area contributed by atoms with Crippen LogP contribution in [0.1, 0.15) is 30.6 Å². The van der Waals surface area contributed by atoms with Gasteiger partial charge in [-0.3, -0.25) is 9.59 Å².